The first-order valence-corrected chi connectivity index (χ1v) is 5.32. The van der Waals surface area contributed by atoms with Gasteiger partial charge in [-0.1, -0.05) is 24.3 Å². The Kier molecular flexibility index (Phi) is 5.70. The van der Waals surface area contributed by atoms with Crippen LogP contribution in [0.3, 0.4) is 0 Å². The van der Waals surface area contributed by atoms with Crippen molar-refractivity contribution in [2.24, 2.45) is 0 Å². The van der Waals surface area contributed by atoms with Crippen molar-refractivity contribution >= 4 is 0 Å². The third kappa shape index (κ3) is 2.40. The molecule has 0 heterocycles. The molecule has 0 amide bonds. The summed E-state index contributed by atoms with van der Waals surface area (Å²) in [4.78, 5) is 0. The summed E-state index contributed by atoms with van der Waals surface area (Å²) < 4.78 is 0. The summed E-state index contributed by atoms with van der Waals surface area (Å²) in [5.74, 6) is 0.133. The molecule has 1 aliphatic rings. The Balaban J connectivity index is 0.000000516. The fraction of sp³-hybridized carbons (Fsp3) is 0.143. The van der Waals surface area contributed by atoms with Crippen molar-refractivity contribution < 1.29 is 36.7 Å². The van der Waals surface area contributed by atoms with E-state index in [0.29, 0.717) is 0 Å². The molecule has 2 aromatic rings. The Hall–Kier alpha value is -0.992. The van der Waals surface area contributed by atoms with Crippen molar-refractivity contribution in [2.75, 3.05) is 6.61 Å². The fourth-order valence-corrected chi connectivity index (χ4v) is 2.39. The van der Waals surface area contributed by atoms with Crippen LogP contribution in [0.1, 0.15) is 17.0 Å². The number of fused-ring (bicyclic) bond motifs is 3. The maximum atomic E-state index is 9.45. The van der Waals surface area contributed by atoms with E-state index in [2.05, 4.69) is 24.3 Å². The van der Waals surface area contributed by atoms with E-state index >= 15 is 0 Å². The van der Waals surface area contributed by atoms with Crippen LogP contribution < -0.4 is 0 Å². The standard InChI is InChI=1S/C14H11O.H2O2.W/c15-9-14-12-7-3-1-5-10(12)11-6-2-4-8-13(11)14;1-2;/h1-3,5-8,14-15H,9H2;1-2H;/q-1;;. The molecule has 3 rings (SSSR count). The van der Waals surface area contributed by atoms with Crippen LogP contribution in [0.25, 0.3) is 11.1 Å². The predicted octanol–water partition coefficient (Wildman–Crippen LogP) is 2.61. The molecule has 3 N–H and O–H groups in total. The van der Waals surface area contributed by atoms with Gasteiger partial charge in [0.05, 0.1) is 0 Å². The summed E-state index contributed by atoms with van der Waals surface area (Å²) in [6.07, 6.45) is 0. The van der Waals surface area contributed by atoms with Gasteiger partial charge < -0.3 is 5.11 Å². The molecule has 0 fully saturated rings. The van der Waals surface area contributed by atoms with E-state index in [9.17, 15) is 5.11 Å². The number of aliphatic hydroxyl groups is 1. The molecular weight excluding hydrogens is 400 g/mol. The SMILES string of the molecule is OCC1c2c[c-]ccc2-c2ccccc21.OO.[W]. The summed E-state index contributed by atoms with van der Waals surface area (Å²) in [5.41, 5.74) is 4.92. The molecule has 4 heteroatoms. The van der Waals surface area contributed by atoms with E-state index in [1.165, 1.54) is 22.3 Å². The monoisotopic (exact) mass is 413 g/mol. The van der Waals surface area contributed by atoms with Crippen LogP contribution >= 0.6 is 0 Å². The van der Waals surface area contributed by atoms with Crippen molar-refractivity contribution in [1.29, 1.82) is 0 Å². The molecule has 1 atom stereocenters. The quantitative estimate of drug-likeness (QED) is 0.383. The van der Waals surface area contributed by atoms with Gasteiger partial charge in [0, 0.05) is 27.7 Å². The minimum Gasteiger partial charge on any atom is -0.396 e. The summed E-state index contributed by atoms with van der Waals surface area (Å²) in [6, 6.07) is 17.3. The smallest absolute Gasteiger partial charge is 0.0435 e. The molecular formula is C14H13O3W-. The largest absolute Gasteiger partial charge is 0.396 e. The predicted molar refractivity (Wildman–Crippen MR) is 64.9 cm³/mol. The molecule has 0 saturated carbocycles. The Labute approximate surface area is 120 Å². The Bertz CT molecular complexity index is 468. The van der Waals surface area contributed by atoms with Crippen LogP contribution in [0.2, 0.25) is 0 Å². The molecule has 0 spiro atoms. The second kappa shape index (κ2) is 6.81. The first-order chi connectivity index (χ1) is 8.42. The van der Waals surface area contributed by atoms with Gasteiger partial charge in [-0.05, 0) is 17.0 Å². The molecule has 0 saturated heterocycles. The van der Waals surface area contributed by atoms with Gasteiger partial charge in [-0.2, -0.15) is 24.3 Å². The van der Waals surface area contributed by atoms with Crippen LogP contribution in [0.4, 0.5) is 0 Å². The van der Waals surface area contributed by atoms with E-state index in [4.69, 9.17) is 10.5 Å². The first kappa shape index (κ1) is 15.1. The van der Waals surface area contributed by atoms with E-state index in [-0.39, 0.29) is 33.6 Å². The van der Waals surface area contributed by atoms with Crippen molar-refractivity contribution in [3.63, 3.8) is 0 Å². The van der Waals surface area contributed by atoms with E-state index in [1.54, 1.807) is 0 Å². The topological polar surface area (TPSA) is 60.7 Å². The molecule has 2 aromatic carbocycles. The summed E-state index contributed by atoms with van der Waals surface area (Å²) >= 11 is 0. The average molecular weight is 413 g/mol. The number of hydrogen-bond donors (Lipinski definition) is 3. The molecule has 0 radical (unpaired) electrons. The molecule has 0 bridgehead atoms. The average Bonchev–Trinajstić information content (AvgIpc) is 2.75. The van der Waals surface area contributed by atoms with Gasteiger partial charge in [-0.3, -0.25) is 10.5 Å². The maximum Gasteiger partial charge on any atom is 0.0435 e. The summed E-state index contributed by atoms with van der Waals surface area (Å²) in [5, 5.41) is 21.4. The van der Waals surface area contributed by atoms with Crippen LogP contribution in [0, 0.1) is 6.07 Å². The van der Waals surface area contributed by atoms with Crippen molar-refractivity contribution in [2.45, 2.75) is 5.92 Å². The third-order valence-electron chi connectivity index (χ3n) is 3.08. The number of rotatable bonds is 1. The zero-order valence-corrected chi connectivity index (χ0v) is 12.5. The molecule has 18 heavy (non-hydrogen) atoms. The van der Waals surface area contributed by atoms with E-state index in [1.807, 2.05) is 24.3 Å². The molecule has 1 unspecified atom stereocenters. The van der Waals surface area contributed by atoms with Crippen molar-refractivity contribution in [3.8, 4) is 11.1 Å². The second-order valence-electron chi connectivity index (χ2n) is 3.84. The Morgan fingerprint density at radius 2 is 1.67 bits per heavy atom. The van der Waals surface area contributed by atoms with E-state index < -0.39 is 0 Å². The zero-order chi connectivity index (χ0) is 12.3. The van der Waals surface area contributed by atoms with Gasteiger partial charge in [0.1, 0.15) is 0 Å². The van der Waals surface area contributed by atoms with Crippen molar-refractivity contribution in [1.82, 2.24) is 0 Å². The Morgan fingerprint density at radius 1 is 1.00 bits per heavy atom. The minimum absolute atomic E-state index is 0. The number of hydrogen-bond acceptors (Lipinski definition) is 3. The Morgan fingerprint density at radius 3 is 2.39 bits per heavy atom. The molecule has 94 valence electrons. The van der Waals surface area contributed by atoms with Crippen molar-refractivity contribution in [3.05, 3.63) is 59.7 Å². The van der Waals surface area contributed by atoms with Gasteiger partial charge >= 0.3 is 0 Å². The van der Waals surface area contributed by atoms with Gasteiger partial charge in [-0.15, -0.1) is 11.1 Å². The van der Waals surface area contributed by atoms with Crippen LogP contribution in [-0.2, 0) is 21.1 Å². The third-order valence-corrected chi connectivity index (χ3v) is 3.08. The molecule has 0 aliphatic heterocycles. The van der Waals surface area contributed by atoms with Crippen LogP contribution in [0.15, 0.2) is 42.5 Å². The second-order valence-corrected chi connectivity index (χ2v) is 3.84. The van der Waals surface area contributed by atoms with Gasteiger partial charge in [-0.25, -0.2) is 0 Å². The van der Waals surface area contributed by atoms with Crippen LogP contribution in [0.5, 0.6) is 0 Å². The number of aliphatic hydroxyl groups excluding tert-OH is 1. The van der Waals surface area contributed by atoms with Crippen LogP contribution in [-0.4, -0.2) is 22.2 Å². The molecule has 1 aliphatic carbocycles. The number of benzene rings is 2. The van der Waals surface area contributed by atoms with Gasteiger partial charge in [0.2, 0.25) is 0 Å². The zero-order valence-electron chi connectivity index (χ0n) is 9.58. The van der Waals surface area contributed by atoms with E-state index in [0.717, 1.165) is 0 Å². The summed E-state index contributed by atoms with van der Waals surface area (Å²) in [6.45, 7) is 0.169. The fourth-order valence-electron chi connectivity index (χ4n) is 2.39. The molecule has 0 aromatic heterocycles. The molecule has 3 nitrogen and oxygen atoms in total. The summed E-state index contributed by atoms with van der Waals surface area (Å²) in [7, 11) is 0. The minimum atomic E-state index is 0. The normalized spacial score (nSPS) is 14.7. The van der Waals surface area contributed by atoms with Gasteiger partial charge in [0.25, 0.3) is 0 Å². The first-order valence-electron chi connectivity index (χ1n) is 5.32. The maximum absolute atomic E-state index is 9.45. The van der Waals surface area contributed by atoms with Gasteiger partial charge in [0.15, 0.2) is 0 Å².